The standard InChI is InChI=1S/C8H15N3O2/c1-6-8(13)11(4-3-10-6)5-7(12)9-2/h6,10H,3-5H2,1-2H3,(H,9,12). The van der Waals surface area contributed by atoms with E-state index in [-0.39, 0.29) is 24.4 Å². The molecule has 1 atom stereocenters. The molecule has 1 unspecified atom stereocenters. The third-order valence-electron chi connectivity index (χ3n) is 2.13. The van der Waals surface area contributed by atoms with Gasteiger partial charge in [-0.05, 0) is 6.92 Å². The summed E-state index contributed by atoms with van der Waals surface area (Å²) in [5.74, 6) is -0.127. The minimum absolute atomic E-state index is 0.00477. The summed E-state index contributed by atoms with van der Waals surface area (Å²) in [6.45, 7) is 3.33. The van der Waals surface area contributed by atoms with Crippen LogP contribution in [0, 0.1) is 0 Å². The molecule has 1 rings (SSSR count). The van der Waals surface area contributed by atoms with Gasteiger partial charge in [0, 0.05) is 20.1 Å². The second-order valence-corrected chi connectivity index (χ2v) is 3.11. The van der Waals surface area contributed by atoms with Crippen LogP contribution in [-0.2, 0) is 9.59 Å². The largest absolute Gasteiger partial charge is 0.358 e. The number of piperazine rings is 1. The molecule has 0 radical (unpaired) electrons. The number of amides is 2. The number of rotatable bonds is 2. The molecule has 0 aliphatic carbocycles. The predicted molar refractivity (Wildman–Crippen MR) is 48.1 cm³/mol. The van der Waals surface area contributed by atoms with Crippen molar-refractivity contribution >= 4 is 11.8 Å². The maximum atomic E-state index is 11.5. The highest BCUT2D eigenvalue weighted by Crippen LogP contribution is 1.99. The van der Waals surface area contributed by atoms with Crippen LogP contribution in [0.3, 0.4) is 0 Å². The van der Waals surface area contributed by atoms with Gasteiger partial charge in [-0.15, -0.1) is 0 Å². The number of hydrogen-bond acceptors (Lipinski definition) is 3. The summed E-state index contributed by atoms with van der Waals surface area (Å²) in [6, 6.07) is -0.168. The fraction of sp³-hybridized carbons (Fsp3) is 0.750. The Morgan fingerprint density at radius 2 is 2.46 bits per heavy atom. The average Bonchev–Trinajstić information content (AvgIpc) is 2.13. The highest BCUT2D eigenvalue weighted by molar-refractivity contribution is 5.87. The third-order valence-corrected chi connectivity index (χ3v) is 2.13. The minimum Gasteiger partial charge on any atom is -0.358 e. The average molecular weight is 185 g/mol. The van der Waals surface area contributed by atoms with E-state index in [1.807, 2.05) is 0 Å². The van der Waals surface area contributed by atoms with Crippen LogP contribution in [0.1, 0.15) is 6.92 Å². The second-order valence-electron chi connectivity index (χ2n) is 3.11. The molecule has 1 fully saturated rings. The number of likely N-dealkylation sites (N-methyl/N-ethyl adjacent to an activating group) is 1. The van der Waals surface area contributed by atoms with Crippen molar-refractivity contribution in [2.75, 3.05) is 26.7 Å². The first kappa shape index (κ1) is 9.98. The van der Waals surface area contributed by atoms with Gasteiger partial charge in [0.2, 0.25) is 11.8 Å². The van der Waals surface area contributed by atoms with Gasteiger partial charge in [0.15, 0.2) is 0 Å². The predicted octanol–water partition coefficient (Wildman–Crippen LogP) is -1.45. The minimum atomic E-state index is -0.168. The Morgan fingerprint density at radius 3 is 3.08 bits per heavy atom. The molecule has 0 aromatic rings. The van der Waals surface area contributed by atoms with Crippen LogP contribution in [0.15, 0.2) is 0 Å². The van der Waals surface area contributed by atoms with Crippen molar-refractivity contribution in [2.24, 2.45) is 0 Å². The SMILES string of the molecule is CNC(=O)CN1CCNC(C)C1=O. The molecule has 5 heteroatoms. The van der Waals surface area contributed by atoms with Gasteiger partial charge in [-0.3, -0.25) is 9.59 Å². The smallest absolute Gasteiger partial charge is 0.239 e. The lowest BCUT2D eigenvalue weighted by Crippen LogP contribution is -2.55. The molecule has 0 bridgehead atoms. The zero-order valence-electron chi connectivity index (χ0n) is 7.96. The van der Waals surface area contributed by atoms with Crippen molar-refractivity contribution in [3.63, 3.8) is 0 Å². The van der Waals surface area contributed by atoms with Gasteiger partial charge in [-0.1, -0.05) is 0 Å². The topological polar surface area (TPSA) is 61.4 Å². The number of nitrogens with one attached hydrogen (secondary N) is 2. The van der Waals surface area contributed by atoms with Crippen LogP contribution in [0.5, 0.6) is 0 Å². The van der Waals surface area contributed by atoms with E-state index in [2.05, 4.69) is 10.6 Å². The molecule has 5 nitrogen and oxygen atoms in total. The number of hydrogen-bond donors (Lipinski definition) is 2. The molecule has 0 saturated carbocycles. The Morgan fingerprint density at radius 1 is 1.77 bits per heavy atom. The molecule has 0 spiro atoms. The molecule has 1 aliphatic rings. The van der Waals surface area contributed by atoms with Crippen molar-refractivity contribution in [2.45, 2.75) is 13.0 Å². The van der Waals surface area contributed by atoms with E-state index in [4.69, 9.17) is 0 Å². The van der Waals surface area contributed by atoms with E-state index in [0.29, 0.717) is 6.54 Å². The molecule has 2 amide bonds. The summed E-state index contributed by atoms with van der Waals surface area (Å²) in [7, 11) is 1.57. The van der Waals surface area contributed by atoms with Gasteiger partial charge in [0.25, 0.3) is 0 Å². The van der Waals surface area contributed by atoms with Crippen LogP contribution in [0.4, 0.5) is 0 Å². The Balaban J connectivity index is 2.49. The van der Waals surface area contributed by atoms with Gasteiger partial charge in [-0.25, -0.2) is 0 Å². The van der Waals surface area contributed by atoms with Gasteiger partial charge in [0.1, 0.15) is 0 Å². The lowest BCUT2D eigenvalue weighted by Gasteiger charge is -2.30. The highest BCUT2D eigenvalue weighted by atomic mass is 16.2. The number of nitrogens with zero attached hydrogens (tertiary/aromatic N) is 1. The van der Waals surface area contributed by atoms with Crippen molar-refractivity contribution < 1.29 is 9.59 Å². The van der Waals surface area contributed by atoms with Crippen LogP contribution >= 0.6 is 0 Å². The molecule has 1 saturated heterocycles. The van der Waals surface area contributed by atoms with Crippen molar-refractivity contribution in [1.82, 2.24) is 15.5 Å². The van der Waals surface area contributed by atoms with Crippen molar-refractivity contribution in [1.29, 1.82) is 0 Å². The summed E-state index contributed by atoms with van der Waals surface area (Å²) in [5.41, 5.74) is 0. The zero-order chi connectivity index (χ0) is 9.84. The normalized spacial score (nSPS) is 23.1. The molecule has 1 heterocycles. The van der Waals surface area contributed by atoms with Crippen LogP contribution < -0.4 is 10.6 Å². The first-order valence-corrected chi connectivity index (χ1v) is 4.38. The lowest BCUT2D eigenvalue weighted by atomic mass is 10.2. The van der Waals surface area contributed by atoms with E-state index < -0.39 is 0 Å². The van der Waals surface area contributed by atoms with Crippen LogP contribution in [0.25, 0.3) is 0 Å². The summed E-state index contributed by atoms with van der Waals surface area (Å²) >= 11 is 0. The molecule has 1 aliphatic heterocycles. The van der Waals surface area contributed by atoms with E-state index in [1.165, 1.54) is 0 Å². The van der Waals surface area contributed by atoms with Crippen molar-refractivity contribution in [3.05, 3.63) is 0 Å². The monoisotopic (exact) mass is 185 g/mol. The Hall–Kier alpha value is -1.10. The molecule has 0 aromatic carbocycles. The summed E-state index contributed by atoms with van der Waals surface area (Å²) in [6.07, 6.45) is 0. The molecular weight excluding hydrogens is 170 g/mol. The maximum Gasteiger partial charge on any atom is 0.239 e. The van der Waals surface area contributed by atoms with E-state index >= 15 is 0 Å². The van der Waals surface area contributed by atoms with Gasteiger partial charge < -0.3 is 15.5 Å². The highest BCUT2D eigenvalue weighted by Gasteiger charge is 2.25. The first-order valence-electron chi connectivity index (χ1n) is 4.38. The third kappa shape index (κ3) is 2.42. The summed E-state index contributed by atoms with van der Waals surface area (Å²) < 4.78 is 0. The Bertz CT molecular complexity index is 217. The van der Waals surface area contributed by atoms with Crippen LogP contribution in [0.2, 0.25) is 0 Å². The molecule has 74 valence electrons. The first-order chi connectivity index (χ1) is 6.15. The van der Waals surface area contributed by atoms with Crippen molar-refractivity contribution in [3.8, 4) is 0 Å². The lowest BCUT2D eigenvalue weighted by molar-refractivity contribution is -0.139. The van der Waals surface area contributed by atoms with E-state index in [1.54, 1.807) is 18.9 Å². The van der Waals surface area contributed by atoms with Crippen LogP contribution in [-0.4, -0.2) is 49.4 Å². The summed E-state index contributed by atoms with van der Waals surface area (Å²) in [4.78, 5) is 24.0. The fourth-order valence-electron chi connectivity index (χ4n) is 1.30. The van der Waals surface area contributed by atoms with E-state index in [0.717, 1.165) is 6.54 Å². The fourth-order valence-corrected chi connectivity index (χ4v) is 1.30. The Labute approximate surface area is 77.5 Å². The second kappa shape index (κ2) is 4.23. The summed E-state index contributed by atoms with van der Waals surface area (Å²) in [5, 5.41) is 5.52. The maximum absolute atomic E-state index is 11.5. The van der Waals surface area contributed by atoms with E-state index in [9.17, 15) is 9.59 Å². The van der Waals surface area contributed by atoms with Gasteiger partial charge >= 0.3 is 0 Å². The molecule has 2 N–H and O–H groups in total. The Kier molecular flexibility index (Phi) is 3.25. The number of carbonyl (C=O) groups excluding carboxylic acids is 2. The number of carbonyl (C=O) groups is 2. The molecule has 13 heavy (non-hydrogen) atoms. The van der Waals surface area contributed by atoms with Gasteiger partial charge in [-0.2, -0.15) is 0 Å². The van der Waals surface area contributed by atoms with Gasteiger partial charge in [0.05, 0.1) is 12.6 Å². The zero-order valence-corrected chi connectivity index (χ0v) is 7.96. The molecular formula is C8H15N3O2. The quantitative estimate of drug-likeness (QED) is 0.553. The molecule has 0 aromatic heterocycles.